The van der Waals surface area contributed by atoms with Gasteiger partial charge in [-0.25, -0.2) is 0 Å². The van der Waals surface area contributed by atoms with Gasteiger partial charge in [0, 0.05) is 17.8 Å². The highest BCUT2D eigenvalue weighted by Crippen LogP contribution is 2.75. The van der Waals surface area contributed by atoms with Crippen LogP contribution < -0.4 is 0 Å². The SMILES string of the molecule is C[C@H](CC[C@@H](O[C@@H]1O[C@H](CO[C@@H]2OC[C@@H](O)[C@H](O)[C@H]2O)[C@@H](O)[C@H](O)[C@H]1O[C@@H]1C[C@H](O)[C@@H](O)[C@H](CO)O1)C(C)(C)O)C1CC[C@@]2(C)C3CC=C4C(CC[C@H](O[C@@H]5O[C@H](CO)C([C@@H]6O[C@H](CO)[C@@H](O)[C@H](O)[C@H]6O)[C@H](O)[C@H]5O)C4(C)C)[C@]3(C)CC[C@]12C. The first-order valence-electron chi connectivity index (χ1n) is 30.6. The van der Waals surface area contributed by atoms with E-state index >= 15 is 0 Å². The summed E-state index contributed by atoms with van der Waals surface area (Å²) in [6.45, 7) is 14.2. The molecule has 5 heterocycles. The number of hydrogen-bond donors (Lipinski definition) is 16. The highest BCUT2D eigenvalue weighted by molar-refractivity contribution is 5.30. The van der Waals surface area contributed by atoms with E-state index in [1.165, 1.54) is 5.57 Å². The van der Waals surface area contributed by atoms with Crippen molar-refractivity contribution in [1.82, 2.24) is 0 Å². The second-order valence-electron chi connectivity index (χ2n) is 28.1. The van der Waals surface area contributed by atoms with Crippen LogP contribution in [0, 0.1) is 51.2 Å². The van der Waals surface area contributed by atoms with Crippen LogP contribution in [0.5, 0.6) is 0 Å². The smallest absolute Gasteiger partial charge is 0.187 e. The van der Waals surface area contributed by atoms with Crippen molar-refractivity contribution < 1.29 is 124 Å². The van der Waals surface area contributed by atoms with Crippen LogP contribution in [0.2, 0.25) is 0 Å². The minimum absolute atomic E-state index is 0.0530. The van der Waals surface area contributed by atoms with Crippen molar-refractivity contribution in [3.63, 3.8) is 0 Å². The zero-order valence-electron chi connectivity index (χ0n) is 49.8. The summed E-state index contributed by atoms with van der Waals surface area (Å²) in [6, 6.07) is 0. The van der Waals surface area contributed by atoms with E-state index in [2.05, 4.69) is 47.6 Å². The fourth-order valence-corrected chi connectivity index (χ4v) is 17.2. The zero-order valence-corrected chi connectivity index (χ0v) is 49.8. The second kappa shape index (κ2) is 25.8. The van der Waals surface area contributed by atoms with Crippen molar-refractivity contribution >= 4 is 0 Å². The number of hydrogen-bond acceptors (Lipinski definition) is 25. The maximum absolute atomic E-state index is 11.8. The van der Waals surface area contributed by atoms with Crippen LogP contribution in [0.15, 0.2) is 11.6 Å². The van der Waals surface area contributed by atoms with E-state index in [-0.39, 0.29) is 41.1 Å². The Bertz CT molecular complexity index is 2200. The number of allylic oxidation sites excluding steroid dienone is 1. The largest absolute Gasteiger partial charge is 0.394 e. The lowest BCUT2D eigenvalue weighted by Gasteiger charge is -2.66. The van der Waals surface area contributed by atoms with Crippen LogP contribution >= 0.6 is 0 Å². The topological polar surface area (TPSA) is 407 Å². The maximum Gasteiger partial charge on any atom is 0.187 e. The van der Waals surface area contributed by atoms with Crippen LogP contribution in [0.25, 0.3) is 0 Å². The Morgan fingerprint density at radius 3 is 1.92 bits per heavy atom. The monoisotopic (exact) mass is 1210 g/mol. The number of rotatable bonds is 18. The minimum atomic E-state index is -1.76. The van der Waals surface area contributed by atoms with E-state index in [1.54, 1.807) is 13.8 Å². The summed E-state index contributed by atoms with van der Waals surface area (Å²) in [7, 11) is 0. The van der Waals surface area contributed by atoms with Gasteiger partial charge in [-0.05, 0) is 112 Å². The van der Waals surface area contributed by atoms with Crippen LogP contribution in [-0.4, -0.2) is 268 Å². The lowest BCUT2D eigenvalue weighted by Crippen LogP contribution is -2.67. The molecule has 0 amide bonds. The summed E-state index contributed by atoms with van der Waals surface area (Å²) in [5.74, 6) is -0.249. The summed E-state index contributed by atoms with van der Waals surface area (Å²) >= 11 is 0. The van der Waals surface area contributed by atoms with E-state index in [9.17, 15) is 81.7 Å². The molecule has 5 saturated heterocycles. The molecule has 16 N–H and O–H groups in total. The summed E-state index contributed by atoms with van der Waals surface area (Å²) < 4.78 is 54.5. The Hall–Kier alpha value is -1.26. The first-order valence-corrected chi connectivity index (χ1v) is 30.6. The molecule has 9 aliphatic rings. The molecule has 4 unspecified atom stereocenters. The van der Waals surface area contributed by atoms with Crippen LogP contribution in [0.1, 0.15) is 120 Å². The van der Waals surface area contributed by atoms with Crippen molar-refractivity contribution in [2.45, 2.75) is 272 Å². The minimum Gasteiger partial charge on any atom is -0.394 e. The molecule has 486 valence electrons. The van der Waals surface area contributed by atoms with E-state index in [1.807, 2.05) is 0 Å². The second-order valence-corrected chi connectivity index (χ2v) is 28.1. The molecule has 25 nitrogen and oxygen atoms in total. The van der Waals surface area contributed by atoms with Gasteiger partial charge in [0.05, 0.1) is 75.3 Å². The predicted molar refractivity (Wildman–Crippen MR) is 290 cm³/mol. The van der Waals surface area contributed by atoms with Crippen LogP contribution in [0.4, 0.5) is 0 Å². The molecule has 4 aliphatic carbocycles. The molecule has 32 atom stereocenters. The molecule has 0 bridgehead atoms. The van der Waals surface area contributed by atoms with Gasteiger partial charge in [-0.15, -0.1) is 0 Å². The molecule has 84 heavy (non-hydrogen) atoms. The normalized spacial score (nSPS) is 51.5. The Morgan fingerprint density at radius 2 is 1.25 bits per heavy atom. The Kier molecular flexibility index (Phi) is 20.6. The van der Waals surface area contributed by atoms with Crippen molar-refractivity contribution in [1.29, 1.82) is 0 Å². The van der Waals surface area contributed by atoms with Gasteiger partial charge < -0.3 is 124 Å². The molecule has 5 aliphatic heterocycles. The molecule has 25 heteroatoms. The van der Waals surface area contributed by atoms with Gasteiger partial charge in [-0.1, -0.05) is 53.2 Å². The van der Waals surface area contributed by atoms with Crippen molar-refractivity contribution in [2.24, 2.45) is 51.2 Å². The molecule has 0 radical (unpaired) electrons. The van der Waals surface area contributed by atoms with Gasteiger partial charge in [0.2, 0.25) is 0 Å². The number of aliphatic hydroxyl groups excluding tert-OH is 15. The molecule has 0 spiro atoms. The Morgan fingerprint density at radius 1 is 0.607 bits per heavy atom. The fourth-order valence-electron chi connectivity index (χ4n) is 17.2. The molecular formula is C59H100O25. The molecule has 0 aromatic carbocycles. The summed E-state index contributed by atoms with van der Waals surface area (Å²) in [6.07, 6.45) is -25.0. The van der Waals surface area contributed by atoms with E-state index in [4.69, 9.17) is 42.6 Å². The third-order valence-corrected chi connectivity index (χ3v) is 22.6. The number of fused-ring (bicyclic) bond motifs is 5. The Balaban J connectivity index is 0.871. The van der Waals surface area contributed by atoms with Crippen molar-refractivity contribution in [2.75, 3.05) is 33.0 Å². The van der Waals surface area contributed by atoms with Crippen LogP contribution in [-0.2, 0) is 42.6 Å². The third-order valence-electron chi connectivity index (χ3n) is 22.6. The lowest BCUT2D eigenvalue weighted by atomic mass is 9.39. The van der Waals surface area contributed by atoms with Crippen molar-refractivity contribution in [3.05, 3.63) is 11.6 Å². The van der Waals surface area contributed by atoms with Crippen LogP contribution in [0.3, 0.4) is 0 Å². The predicted octanol–water partition coefficient (Wildman–Crippen LogP) is -2.44. The average molecular weight is 1210 g/mol. The summed E-state index contributed by atoms with van der Waals surface area (Å²) in [5, 5.41) is 172. The Labute approximate surface area is 491 Å². The molecule has 0 aromatic heterocycles. The molecule has 9 rings (SSSR count). The van der Waals surface area contributed by atoms with Gasteiger partial charge in [-0.2, -0.15) is 0 Å². The standard InChI is InChI=1S/C59H100O25/c1-25(9-13-37(56(4,5)75)83-54-51(84-38-19-29(63)40(65)32(21-61)78-38)46(71)43(68)34(81-54)24-77-52-48(73)41(66)30(64)23-76-52)26-15-16-59(8)35-12-10-27-28(57(35,6)17-18-58(26,59)7)11-14-36(55(27,2)3)82-53-49(74)44(69)39(31(20-60)80-53)50-47(72)45(70)42(67)33(22-62)79-50/h10,25-26,28-54,60-75H,9,11-24H2,1-8H3/t25-,26?,28?,29+,30-,31-,32+,33-,34-,35?,36+,37-,38-,39?,40-,41+,42-,43-,44+,45+,46+,47-,48-,49-,50+,51-,52+,53+,54+,57+,58-,59+/m1/s1. The molecule has 3 saturated carbocycles. The highest BCUT2D eigenvalue weighted by atomic mass is 16.8. The fraction of sp³-hybridized carbons (Fsp3) is 0.966. The quantitative estimate of drug-likeness (QED) is 0.0634. The summed E-state index contributed by atoms with van der Waals surface area (Å²) in [5.41, 5.74) is -0.949. The molecular weight excluding hydrogens is 1110 g/mol. The van der Waals surface area contributed by atoms with E-state index in [0.717, 1.165) is 38.5 Å². The van der Waals surface area contributed by atoms with Gasteiger partial charge >= 0.3 is 0 Å². The maximum atomic E-state index is 11.8. The average Bonchev–Trinajstić information content (AvgIpc) is 1.38. The number of ether oxygens (including phenoxy) is 9. The zero-order chi connectivity index (χ0) is 61.5. The highest BCUT2D eigenvalue weighted by Gasteiger charge is 2.68. The van der Waals surface area contributed by atoms with Crippen molar-refractivity contribution in [3.8, 4) is 0 Å². The molecule has 8 fully saturated rings. The van der Waals surface area contributed by atoms with Gasteiger partial charge in [0.15, 0.2) is 25.2 Å². The van der Waals surface area contributed by atoms with E-state index in [0.29, 0.717) is 31.1 Å². The third kappa shape index (κ3) is 12.1. The first kappa shape index (κ1) is 67.1. The summed E-state index contributed by atoms with van der Waals surface area (Å²) in [4.78, 5) is 0. The first-order chi connectivity index (χ1) is 39.4. The van der Waals surface area contributed by atoms with Gasteiger partial charge in [0.25, 0.3) is 0 Å². The van der Waals surface area contributed by atoms with Gasteiger partial charge in [0.1, 0.15) is 85.5 Å². The van der Waals surface area contributed by atoms with Gasteiger partial charge in [-0.3, -0.25) is 0 Å². The lowest BCUT2D eigenvalue weighted by molar-refractivity contribution is -0.367. The van der Waals surface area contributed by atoms with E-state index < -0.39 is 191 Å². The number of aliphatic hydroxyl groups is 16. The molecule has 0 aromatic rings.